The zero-order valence-corrected chi connectivity index (χ0v) is 13.2. The van der Waals surface area contributed by atoms with Crippen molar-refractivity contribution in [3.63, 3.8) is 0 Å². The molecule has 2 rings (SSSR count). The highest BCUT2D eigenvalue weighted by Crippen LogP contribution is 2.25. The first-order valence-electron chi connectivity index (χ1n) is 7.44. The Bertz CT molecular complexity index is 599. The number of benzene rings is 2. The lowest BCUT2D eigenvalue weighted by Crippen LogP contribution is -2.09. The van der Waals surface area contributed by atoms with Gasteiger partial charge in [0.2, 0.25) is 0 Å². The van der Waals surface area contributed by atoms with Crippen molar-refractivity contribution in [1.82, 2.24) is 0 Å². The Labute approximate surface area is 123 Å². The van der Waals surface area contributed by atoms with Gasteiger partial charge in [-0.3, -0.25) is 0 Å². The molecule has 0 aliphatic heterocycles. The fraction of sp³-hybridized carbons (Fsp3) is 0.368. The van der Waals surface area contributed by atoms with E-state index in [9.17, 15) is 0 Å². The molecule has 2 aromatic carbocycles. The van der Waals surface area contributed by atoms with Crippen molar-refractivity contribution in [1.29, 1.82) is 0 Å². The second-order valence-corrected chi connectivity index (χ2v) is 5.71. The molecule has 0 heterocycles. The van der Waals surface area contributed by atoms with E-state index in [0.29, 0.717) is 6.04 Å². The van der Waals surface area contributed by atoms with E-state index in [4.69, 9.17) is 0 Å². The van der Waals surface area contributed by atoms with Crippen LogP contribution in [-0.4, -0.2) is 0 Å². The minimum Gasteiger partial charge on any atom is -0.379 e. The summed E-state index contributed by atoms with van der Waals surface area (Å²) < 4.78 is 0. The summed E-state index contributed by atoms with van der Waals surface area (Å²) >= 11 is 0. The molecule has 1 atom stereocenters. The van der Waals surface area contributed by atoms with Crippen LogP contribution in [0.3, 0.4) is 0 Å². The van der Waals surface area contributed by atoms with E-state index in [1.54, 1.807) is 0 Å². The van der Waals surface area contributed by atoms with Crippen LogP contribution in [-0.2, 0) is 6.42 Å². The van der Waals surface area contributed by atoms with Gasteiger partial charge in [0.15, 0.2) is 0 Å². The van der Waals surface area contributed by atoms with Crippen LogP contribution in [0.2, 0.25) is 0 Å². The van der Waals surface area contributed by atoms with E-state index >= 15 is 0 Å². The van der Waals surface area contributed by atoms with Crippen molar-refractivity contribution in [2.45, 2.75) is 47.1 Å². The Balaban J connectivity index is 2.23. The Morgan fingerprint density at radius 2 is 1.65 bits per heavy atom. The summed E-state index contributed by atoms with van der Waals surface area (Å²) in [4.78, 5) is 0. The monoisotopic (exact) mass is 267 g/mol. The van der Waals surface area contributed by atoms with E-state index in [1.165, 1.54) is 33.5 Å². The average molecular weight is 267 g/mol. The van der Waals surface area contributed by atoms with Crippen LogP contribution in [0.4, 0.5) is 5.69 Å². The van der Waals surface area contributed by atoms with Crippen LogP contribution in [0.1, 0.15) is 47.7 Å². The first kappa shape index (κ1) is 14.6. The van der Waals surface area contributed by atoms with Gasteiger partial charge in [-0.1, -0.05) is 31.2 Å². The van der Waals surface area contributed by atoms with Crippen molar-refractivity contribution in [3.8, 4) is 0 Å². The Hall–Kier alpha value is -1.76. The topological polar surface area (TPSA) is 12.0 Å². The molecular weight excluding hydrogens is 242 g/mol. The van der Waals surface area contributed by atoms with Gasteiger partial charge in [-0.2, -0.15) is 0 Å². The normalized spacial score (nSPS) is 12.2. The SMILES string of the molecule is CCc1cccc(NC(C)c2cc(C)c(C)cc2C)c1. The van der Waals surface area contributed by atoms with Crippen molar-refractivity contribution in [3.05, 3.63) is 64.2 Å². The van der Waals surface area contributed by atoms with Gasteiger partial charge in [0, 0.05) is 11.7 Å². The first-order valence-corrected chi connectivity index (χ1v) is 7.44. The number of anilines is 1. The van der Waals surface area contributed by atoms with Gasteiger partial charge in [-0.05, 0) is 74.1 Å². The highest BCUT2D eigenvalue weighted by Gasteiger charge is 2.10. The summed E-state index contributed by atoms with van der Waals surface area (Å²) in [5.41, 5.74) is 8.05. The summed E-state index contributed by atoms with van der Waals surface area (Å²) in [5.74, 6) is 0. The zero-order chi connectivity index (χ0) is 14.7. The zero-order valence-electron chi connectivity index (χ0n) is 13.2. The maximum absolute atomic E-state index is 3.62. The van der Waals surface area contributed by atoms with E-state index < -0.39 is 0 Å². The number of rotatable bonds is 4. The van der Waals surface area contributed by atoms with Crippen LogP contribution >= 0.6 is 0 Å². The molecule has 0 fully saturated rings. The largest absolute Gasteiger partial charge is 0.379 e. The van der Waals surface area contributed by atoms with Gasteiger partial charge in [0.1, 0.15) is 0 Å². The fourth-order valence-electron chi connectivity index (χ4n) is 2.66. The molecule has 106 valence electrons. The van der Waals surface area contributed by atoms with E-state index in [0.717, 1.165) is 6.42 Å². The summed E-state index contributed by atoms with van der Waals surface area (Å²) in [7, 11) is 0. The van der Waals surface area contributed by atoms with Gasteiger partial charge >= 0.3 is 0 Å². The molecule has 0 aliphatic rings. The minimum absolute atomic E-state index is 0.321. The van der Waals surface area contributed by atoms with Gasteiger partial charge in [-0.15, -0.1) is 0 Å². The molecule has 0 radical (unpaired) electrons. The van der Waals surface area contributed by atoms with Crippen LogP contribution in [0.15, 0.2) is 36.4 Å². The molecule has 1 unspecified atom stereocenters. The smallest absolute Gasteiger partial charge is 0.0488 e. The van der Waals surface area contributed by atoms with Gasteiger partial charge in [0.05, 0.1) is 0 Å². The van der Waals surface area contributed by atoms with Crippen molar-refractivity contribution >= 4 is 5.69 Å². The molecule has 2 aromatic rings. The lowest BCUT2D eigenvalue weighted by atomic mass is 9.96. The maximum Gasteiger partial charge on any atom is 0.0488 e. The molecule has 0 bridgehead atoms. The van der Waals surface area contributed by atoms with Crippen LogP contribution < -0.4 is 5.32 Å². The molecule has 0 aromatic heterocycles. The third-order valence-electron chi connectivity index (χ3n) is 4.07. The molecule has 1 nitrogen and oxygen atoms in total. The summed E-state index contributed by atoms with van der Waals surface area (Å²) in [5, 5.41) is 3.62. The van der Waals surface area contributed by atoms with Crippen LogP contribution in [0.25, 0.3) is 0 Å². The van der Waals surface area contributed by atoms with Crippen molar-refractivity contribution in [2.24, 2.45) is 0 Å². The summed E-state index contributed by atoms with van der Waals surface area (Å²) in [6.07, 6.45) is 1.08. The van der Waals surface area contributed by atoms with Crippen molar-refractivity contribution in [2.75, 3.05) is 5.32 Å². The highest BCUT2D eigenvalue weighted by molar-refractivity contribution is 5.49. The second-order valence-electron chi connectivity index (χ2n) is 5.71. The van der Waals surface area contributed by atoms with Crippen LogP contribution in [0.5, 0.6) is 0 Å². The minimum atomic E-state index is 0.321. The lowest BCUT2D eigenvalue weighted by Gasteiger charge is -2.20. The molecular formula is C19H25N. The molecule has 1 heteroatoms. The van der Waals surface area contributed by atoms with Crippen LogP contribution in [0, 0.1) is 20.8 Å². The first-order chi connectivity index (χ1) is 9.51. The summed E-state index contributed by atoms with van der Waals surface area (Å²) in [6, 6.07) is 13.6. The quantitative estimate of drug-likeness (QED) is 0.787. The predicted octanol–water partition coefficient (Wildman–Crippen LogP) is 5.35. The van der Waals surface area contributed by atoms with E-state index in [1.807, 2.05) is 0 Å². The Kier molecular flexibility index (Phi) is 4.49. The molecule has 0 aliphatic carbocycles. The standard InChI is InChI=1S/C19H25N/c1-6-17-8-7-9-18(12-17)20-16(5)19-11-14(3)13(2)10-15(19)4/h7-12,16,20H,6H2,1-5H3. The molecule has 0 amide bonds. The molecule has 20 heavy (non-hydrogen) atoms. The Morgan fingerprint density at radius 1 is 0.950 bits per heavy atom. The lowest BCUT2D eigenvalue weighted by molar-refractivity contribution is 0.870. The number of aryl methyl sites for hydroxylation is 4. The summed E-state index contributed by atoms with van der Waals surface area (Å²) in [6.45, 7) is 11.0. The number of hydrogen-bond donors (Lipinski definition) is 1. The molecule has 1 N–H and O–H groups in total. The van der Waals surface area contributed by atoms with Crippen molar-refractivity contribution < 1.29 is 0 Å². The number of hydrogen-bond acceptors (Lipinski definition) is 1. The Morgan fingerprint density at radius 3 is 2.35 bits per heavy atom. The third-order valence-corrected chi connectivity index (χ3v) is 4.07. The van der Waals surface area contributed by atoms with E-state index in [-0.39, 0.29) is 0 Å². The molecule has 0 saturated heterocycles. The molecule has 0 saturated carbocycles. The average Bonchev–Trinajstić information content (AvgIpc) is 2.43. The third kappa shape index (κ3) is 3.22. The maximum atomic E-state index is 3.62. The molecule has 0 spiro atoms. The highest BCUT2D eigenvalue weighted by atomic mass is 14.9. The fourth-order valence-corrected chi connectivity index (χ4v) is 2.66. The van der Waals surface area contributed by atoms with Gasteiger partial charge in [-0.25, -0.2) is 0 Å². The number of nitrogens with one attached hydrogen (secondary N) is 1. The van der Waals surface area contributed by atoms with E-state index in [2.05, 4.69) is 76.3 Å². The van der Waals surface area contributed by atoms with Gasteiger partial charge < -0.3 is 5.32 Å². The second kappa shape index (κ2) is 6.13. The predicted molar refractivity (Wildman–Crippen MR) is 88.5 cm³/mol. The van der Waals surface area contributed by atoms with Gasteiger partial charge in [0.25, 0.3) is 0 Å².